The molecule has 0 spiro atoms. The highest BCUT2D eigenvalue weighted by atomic mass is 16.5. The van der Waals surface area contributed by atoms with Crippen molar-refractivity contribution in [3.8, 4) is 0 Å². The summed E-state index contributed by atoms with van der Waals surface area (Å²) in [6.45, 7) is 4.33. The van der Waals surface area contributed by atoms with Gasteiger partial charge >= 0.3 is 23.9 Å². The molecule has 0 heterocycles. The van der Waals surface area contributed by atoms with Crippen LogP contribution < -0.4 is 0 Å². The van der Waals surface area contributed by atoms with Crippen molar-refractivity contribution in [2.75, 3.05) is 6.61 Å². The molecule has 1 aromatic rings. The Bertz CT molecular complexity index is 702. The number of rotatable bonds is 7. The van der Waals surface area contributed by atoms with Gasteiger partial charge in [-0.15, -0.1) is 0 Å². The lowest BCUT2D eigenvalue weighted by atomic mass is 9.90. The number of ether oxygens (including phenoxy) is 1. The Balaban J connectivity index is 3.46. The summed E-state index contributed by atoms with van der Waals surface area (Å²) >= 11 is 0. The summed E-state index contributed by atoms with van der Waals surface area (Å²) in [6, 6.07) is 0.808. The first-order valence-electron chi connectivity index (χ1n) is 6.36. The highest BCUT2D eigenvalue weighted by Gasteiger charge is 2.26. The van der Waals surface area contributed by atoms with Crippen LogP contribution in [0.2, 0.25) is 0 Å². The van der Waals surface area contributed by atoms with Gasteiger partial charge in [0.1, 0.15) is 0 Å². The van der Waals surface area contributed by atoms with Crippen molar-refractivity contribution in [1.82, 2.24) is 0 Å². The number of carbonyl (C=O) groups excluding carboxylic acids is 1. The average molecular weight is 322 g/mol. The van der Waals surface area contributed by atoms with Crippen molar-refractivity contribution < 1.29 is 39.2 Å². The van der Waals surface area contributed by atoms with Crippen LogP contribution in [0.25, 0.3) is 0 Å². The molecule has 122 valence electrons. The Morgan fingerprint density at radius 2 is 1.65 bits per heavy atom. The molecule has 0 aliphatic heterocycles. The zero-order chi connectivity index (χ0) is 17.7. The van der Waals surface area contributed by atoms with Gasteiger partial charge < -0.3 is 20.1 Å². The van der Waals surface area contributed by atoms with E-state index in [1.54, 1.807) is 0 Å². The van der Waals surface area contributed by atoms with Crippen molar-refractivity contribution in [1.29, 1.82) is 0 Å². The second-order valence-corrected chi connectivity index (χ2v) is 4.49. The van der Waals surface area contributed by atoms with Gasteiger partial charge in [-0.05, 0) is 24.1 Å². The number of esters is 1. The summed E-state index contributed by atoms with van der Waals surface area (Å²) in [5, 5.41) is 27.5. The number of carboxylic acid groups (broad SMARTS) is 3. The molecule has 0 aliphatic rings. The first-order valence-corrected chi connectivity index (χ1v) is 6.36. The highest BCUT2D eigenvalue weighted by molar-refractivity contribution is 6.05. The Morgan fingerprint density at radius 1 is 1.09 bits per heavy atom. The summed E-state index contributed by atoms with van der Waals surface area (Å²) in [6.07, 6.45) is 0.774. The van der Waals surface area contributed by atoms with Crippen LogP contribution in [0.3, 0.4) is 0 Å². The van der Waals surface area contributed by atoms with Crippen LogP contribution in [0.5, 0.6) is 0 Å². The summed E-state index contributed by atoms with van der Waals surface area (Å²) in [7, 11) is 0. The van der Waals surface area contributed by atoms with Gasteiger partial charge in [-0.2, -0.15) is 0 Å². The van der Waals surface area contributed by atoms with Gasteiger partial charge in [0.15, 0.2) is 0 Å². The van der Waals surface area contributed by atoms with E-state index in [0.29, 0.717) is 0 Å². The summed E-state index contributed by atoms with van der Waals surface area (Å²) < 4.78 is 4.74. The van der Waals surface area contributed by atoms with Crippen LogP contribution in [-0.4, -0.2) is 45.8 Å². The van der Waals surface area contributed by atoms with Gasteiger partial charge in [-0.3, -0.25) is 0 Å². The van der Waals surface area contributed by atoms with Gasteiger partial charge in [-0.1, -0.05) is 6.58 Å². The zero-order valence-electron chi connectivity index (χ0n) is 12.2. The van der Waals surface area contributed by atoms with Gasteiger partial charge in [-0.25, -0.2) is 19.2 Å². The molecule has 0 radical (unpaired) electrons. The maximum atomic E-state index is 11.4. The van der Waals surface area contributed by atoms with Gasteiger partial charge in [0.05, 0.1) is 23.3 Å². The van der Waals surface area contributed by atoms with Crippen molar-refractivity contribution >= 4 is 23.9 Å². The molecule has 0 aliphatic carbocycles. The van der Waals surface area contributed by atoms with Crippen molar-refractivity contribution in [2.45, 2.75) is 13.3 Å². The van der Waals surface area contributed by atoms with E-state index >= 15 is 0 Å². The molecule has 0 amide bonds. The SMILES string of the molecule is C=CC(=O)OCCc1c(C)c(C(=O)O)cc(C(=O)O)c1C(=O)O. The molecule has 0 unspecified atom stereocenters. The summed E-state index contributed by atoms with van der Waals surface area (Å²) in [5.74, 6) is -5.18. The fourth-order valence-electron chi connectivity index (χ4n) is 2.10. The molecule has 8 heteroatoms. The lowest BCUT2D eigenvalue weighted by molar-refractivity contribution is -0.137. The minimum atomic E-state index is -1.56. The number of benzene rings is 1. The van der Waals surface area contributed by atoms with E-state index in [9.17, 15) is 24.3 Å². The van der Waals surface area contributed by atoms with Crippen molar-refractivity contribution in [3.05, 3.63) is 46.5 Å². The quantitative estimate of drug-likeness (QED) is 0.505. The van der Waals surface area contributed by atoms with E-state index in [4.69, 9.17) is 14.9 Å². The van der Waals surface area contributed by atoms with Crippen molar-refractivity contribution in [2.24, 2.45) is 0 Å². The van der Waals surface area contributed by atoms with Crippen LogP contribution in [0.15, 0.2) is 18.7 Å². The predicted octanol–water partition coefficient (Wildman–Crippen LogP) is 1.36. The molecule has 8 nitrogen and oxygen atoms in total. The van der Waals surface area contributed by atoms with Gasteiger partial charge in [0, 0.05) is 12.5 Å². The zero-order valence-corrected chi connectivity index (χ0v) is 12.2. The van der Waals surface area contributed by atoms with Crippen LogP contribution in [-0.2, 0) is 16.0 Å². The smallest absolute Gasteiger partial charge is 0.336 e. The third-order valence-electron chi connectivity index (χ3n) is 3.15. The maximum Gasteiger partial charge on any atom is 0.336 e. The third kappa shape index (κ3) is 3.94. The number of carbonyl (C=O) groups is 4. The Hall–Kier alpha value is -3.16. The topological polar surface area (TPSA) is 138 Å². The highest BCUT2D eigenvalue weighted by Crippen LogP contribution is 2.24. The molecule has 0 bridgehead atoms. The molecule has 0 fully saturated rings. The normalized spacial score (nSPS) is 9.96. The Kier molecular flexibility index (Phi) is 5.61. The molecule has 0 aromatic heterocycles. The van der Waals surface area contributed by atoms with Crippen molar-refractivity contribution in [3.63, 3.8) is 0 Å². The standard InChI is InChI=1S/C15H14O8/c1-3-11(16)23-5-4-8-7(2)9(13(17)18)6-10(14(19)20)12(8)15(21)22/h3,6H,1,4-5H2,2H3,(H,17,18)(H,19,20)(H,21,22). The molecule has 0 saturated heterocycles. The Morgan fingerprint density at radius 3 is 2.09 bits per heavy atom. The summed E-state index contributed by atoms with van der Waals surface area (Å²) in [5.41, 5.74) is -1.38. The fourth-order valence-corrected chi connectivity index (χ4v) is 2.10. The molecule has 0 atom stereocenters. The van der Waals surface area contributed by atoms with E-state index in [2.05, 4.69) is 6.58 Å². The third-order valence-corrected chi connectivity index (χ3v) is 3.15. The van der Waals surface area contributed by atoms with Crippen LogP contribution in [0.1, 0.15) is 42.2 Å². The number of aromatic carboxylic acids is 3. The van der Waals surface area contributed by atoms with Gasteiger partial charge in [0.2, 0.25) is 0 Å². The fraction of sp³-hybridized carbons (Fsp3) is 0.200. The van der Waals surface area contributed by atoms with E-state index < -0.39 is 35.0 Å². The van der Waals surface area contributed by atoms with Crippen LogP contribution >= 0.6 is 0 Å². The molecular formula is C15H14O8. The molecular weight excluding hydrogens is 308 g/mol. The number of carboxylic acids is 3. The van der Waals surface area contributed by atoms with Crippen LogP contribution in [0, 0.1) is 6.92 Å². The molecule has 3 N–H and O–H groups in total. The predicted molar refractivity (Wildman–Crippen MR) is 76.9 cm³/mol. The van der Waals surface area contributed by atoms with E-state index in [1.165, 1.54) is 6.92 Å². The second kappa shape index (κ2) is 7.21. The van der Waals surface area contributed by atoms with E-state index in [-0.39, 0.29) is 29.7 Å². The van der Waals surface area contributed by atoms with E-state index in [0.717, 1.165) is 12.1 Å². The van der Waals surface area contributed by atoms with Gasteiger partial charge in [0.25, 0.3) is 0 Å². The first-order chi connectivity index (χ1) is 10.7. The molecule has 23 heavy (non-hydrogen) atoms. The first kappa shape index (κ1) is 17.9. The second-order valence-electron chi connectivity index (χ2n) is 4.49. The lowest BCUT2D eigenvalue weighted by Crippen LogP contribution is -2.18. The molecule has 1 aromatic carbocycles. The van der Waals surface area contributed by atoms with Crippen LogP contribution in [0.4, 0.5) is 0 Å². The number of hydrogen-bond acceptors (Lipinski definition) is 5. The Labute approximate surface area is 130 Å². The minimum absolute atomic E-state index is 0.00772. The molecule has 1 rings (SSSR count). The molecule has 0 saturated carbocycles. The van der Waals surface area contributed by atoms with E-state index in [1.807, 2.05) is 0 Å². The lowest BCUT2D eigenvalue weighted by Gasteiger charge is -2.15. The summed E-state index contributed by atoms with van der Waals surface area (Å²) in [4.78, 5) is 44.9. The minimum Gasteiger partial charge on any atom is -0.478 e. The number of hydrogen-bond donors (Lipinski definition) is 3. The average Bonchev–Trinajstić information content (AvgIpc) is 2.47. The monoisotopic (exact) mass is 322 g/mol. The largest absolute Gasteiger partial charge is 0.478 e. The maximum absolute atomic E-state index is 11.4.